The number of hydrogen-bond donors (Lipinski definition) is 0. The number of aryl methyl sites for hydroxylation is 2. The van der Waals surface area contributed by atoms with E-state index in [4.69, 9.17) is 17.0 Å². The Bertz CT molecular complexity index is 852. The van der Waals surface area contributed by atoms with Gasteiger partial charge in [0.25, 0.3) is 0 Å². The van der Waals surface area contributed by atoms with E-state index in [1.165, 1.54) is 44.5 Å². The van der Waals surface area contributed by atoms with Crippen LogP contribution in [0.15, 0.2) is 35.9 Å². The van der Waals surface area contributed by atoms with E-state index in [1.807, 2.05) is 0 Å². The molecule has 0 heterocycles. The second-order valence-corrected chi connectivity index (χ2v) is 17.2. The van der Waals surface area contributed by atoms with Crippen LogP contribution in [0.4, 0.5) is 0 Å². The molecule has 0 aromatic heterocycles. The van der Waals surface area contributed by atoms with Crippen molar-refractivity contribution in [3.63, 3.8) is 0 Å². The van der Waals surface area contributed by atoms with Crippen LogP contribution in [-0.2, 0) is 24.8 Å². The van der Waals surface area contributed by atoms with Crippen molar-refractivity contribution in [1.29, 1.82) is 0 Å². The first-order valence-electron chi connectivity index (χ1n) is 9.27. The fourth-order valence-electron chi connectivity index (χ4n) is 4.13. The van der Waals surface area contributed by atoms with Crippen LogP contribution in [0, 0.1) is 13.8 Å². The van der Waals surface area contributed by atoms with Gasteiger partial charge in [-0.2, -0.15) is 0 Å². The molecule has 0 bridgehead atoms. The molecule has 0 nitrogen and oxygen atoms in total. The van der Waals surface area contributed by atoms with Gasteiger partial charge in [-0.1, -0.05) is 0 Å². The molecule has 0 spiro atoms. The summed E-state index contributed by atoms with van der Waals surface area (Å²) in [5.74, 6) is 0. The molecule has 137 valence electrons. The monoisotopic (exact) mass is 463 g/mol. The van der Waals surface area contributed by atoms with Gasteiger partial charge in [0.1, 0.15) is 0 Å². The van der Waals surface area contributed by atoms with Gasteiger partial charge in [-0.15, -0.1) is 0 Å². The molecule has 1 aliphatic carbocycles. The zero-order valence-corrected chi connectivity index (χ0v) is 20.5. The Morgan fingerprint density at radius 1 is 1.00 bits per heavy atom. The molecule has 2 aromatic rings. The molecule has 0 saturated carbocycles. The molecule has 0 N–H and O–H groups in total. The maximum absolute atomic E-state index is 6.59. The SMILES string of the molecule is CCC1=Cc2c(ccc(C(C)(C)C)c2-c2cc(C)cc(C)c2)[CH]1[Zr]([Cl])[Cl]. The second-order valence-electron chi connectivity index (χ2n) is 8.41. The van der Waals surface area contributed by atoms with Crippen LogP contribution in [0.1, 0.15) is 65.6 Å². The third-order valence-corrected chi connectivity index (χ3v) is 10.6. The quantitative estimate of drug-likeness (QED) is 0.430. The molecular weight excluding hydrogens is 438 g/mol. The summed E-state index contributed by atoms with van der Waals surface area (Å²) in [5.41, 5.74) is 10.9. The predicted octanol–water partition coefficient (Wildman–Crippen LogP) is 8.04. The third kappa shape index (κ3) is 3.78. The standard InChI is InChI=1S/C23H27.2ClH.Zr/c1-7-17-13-18-8-9-21(23(4,5)6)22(20(18)14-17)19-11-15(2)10-16(3)12-19;;;/h8-14H,7H2,1-6H3;2*1H;/q;;;+2/p-2. The van der Waals surface area contributed by atoms with Crippen LogP contribution in [-0.4, -0.2) is 0 Å². The molecule has 2 aromatic carbocycles. The van der Waals surface area contributed by atoms with Gasteiger partial charge in [0, 0.05) is 0 Å². The Kier molecular flexibility index (Phi) is 5.94. The van der Waals surface area contributed by atoms with Gasteiger partial charge < -0.3 is 0 Å². The summed E-state index contributed by atoms with van der Waals surface area (Å²) in [6.07, 6.45) is 3.40. The van der Waals surface area contributed by atoms with Crippen LogP contribution in [0.25, 0.3) is 17.2 Å². The van der Waals surface area contributed by atoms with E-state index < -0.39 is 19.4 Å². The molecular formula is C23H27Cl2Zr. The Labute approximate surface area is 173 Å². The Morgan fingerprint density at radius 3 is 2.12 bits per heavy atom. The van der Waals surface area contributed by atoms with Crippen molar-refractivity contribution >= 4 is 23.1 Å². The molecule has 3 heteroatoms. The van der Waals surface area contributed by atoms with E-state index in [2.05, 4.69) is 78.0 Å². The first-order chi connectivity index (χ1) is 12.1. The summed E-state index contributed by atoms with van der Waals surface area (Å²) in [6.45, 7) is 13.4. The summed E-state index contributed by atoms with van der Waals surface area (Å²) in [5, 5.41) is 0. The Hall–Kier alpha value is -0.357. The summed E-state index contributed by atoms with van der Waals surface area (Å²) in [7, 11) is 13.2. The molecule has 26 heavy (non-hydrogen) atoms. The number of rotatable bonds is 3. The molecule has 0 amide bonds. The van der Waals surface area contributed by atoms with Crippen LogP contribution < -0.4 is 0 Å². The molecule has 0 radical (unpaired) electrons. The van der Waals surface area contributed by atoms with Gasteiger partial charge in [0.15, 0.2) is 0 Å². The normalized spacial score (nSPS) is 16.5. The van der Waals surface area contributed by atoms with Crippen molar-refractivity contribution in [3.05, 3.63) is 63.7 Å². The summed E-state index contributed by atoms with van der Waals surface area (Å²) >= 11 is -2.45. The van der Waals surface area contributed by atoms with Gasteiger partial charge in [-0.05, 0) is 0 Å². The second kappa shape index (κ2) is 7.58. The van der Waals surface area contributed by atoms with Crippen molar-refractivity contribution in [1.82, 2.24) is 0 Å². The van der Waals surface area contributed by atoms with E-state index >= 15 is 0 Å². The Morgan fingerprint density at radius 2 is 1.62 bits per heavy atom. The van der Waals surface area contributed by atoms with Gasteiger partial charge in [-0.3, -0.25) is 0 Å². The number of fused-ring (bicyclic) bond motifs is 1. The van der Waals surface area contributed by atoms with E-state index in [0.717, 1.165) is 6.42 Å². The van der Waals surface area contributed by atoms with Crippen LogP contribution in [0.2, 0.25) is 0 Å². The number of halogens is 2. The first-order valence-corrected chi connectivity index (χ1v) is 17.0. The Balaban J connectivity index is 2.36. The van der Waals surface area contributed by atoms with Crippen LogP contribution in [0.3, 0.4) is 0 Å². The number of benzene rings is 2. The third-order valence-electron chi connectivity index (χ3n) is 5.24. The average Bonchev–Trinajstić information content (AvgIpc) is 2.90. The fraction of sp³-hybridized carbons (Fsp3) is 0.391. The van der Waals surface area contributed by atoms with Crippen LogP contribution in [0.5, 0.6) is 0 Å². The van der Waals surface area contributed by atoms with E-state index in [9.17, 15) is 0 Å². The zero-order chi connectivity index (χ0) is 19.2. The van der Waals surface area contributed by atoms with E-state index in [1.54, 1.807) is 0 Å². The number of allylic oxidation sites excluding steroid dienone is 1. The van der Waals surface area contributed by atoms with Crippen molar-refractivity contribution in [2.45, 2.75) is 57.0 Å². The van der Waals surface area contributed by atoms with Crippen molar-refractivity contribution in [3.8, 4) is 11.1 Å². The minimum atomic E-state index is -2.45. The molecule has 3 rings (SSSR count). The van der Waals surface area contributed by atoms with Crippen LogP contribution >= 0.6 is 17.0 Å². The average molecular weight is 466 g/mol. The first kappa shape index (κ1) is 20.4. The van der Waals surface area contributed by atoms with Crippen molar-refractivity contribution in [2.24, 2.45) is 0 Å². The maximum atomic E-state index is 6.59. The topological polar surface area (TPSA) is 0 Å². The molecule has 1 unspecified atom stereocenters. The predicted molar refractivity (Wildman–Crippen MR) is 113 cm³/mol. The molecule has 1 atom stereocenters. The molecule has 1 aliphatic rings. The summed E-state index contributed by atoms with van der Waals surface area (Å²) in [4.78, 5) is 0. The van der Waals surface area contributed by atoms with Gasteiger partial charge in [0.2, 0.25) is 0 Å². The minimum absolute atomic E-state index is 0.0732. The van der Waals surface area contributed by atoms with Gasteiger partial charge in [-0.25, -0.2) is 0 Å². The van der Waals surface area contributed by atoms with E-state index in [-0.39, 0.29) is 5.41 Å². The summed E-state index contributed by atoms with van der Waals surface area (Å²) in [6, 6.07) is 11.5. The van der Waals surface area contributed by atoms with Gasteiger partial charge in [0.05, 0.1) is 0 Å². The molecule has 0 aliphatic heterocycles. The molecule has 0 fully saturated rings. The zero-order valence-electron chi connectivity index (χ0n) is 16.5. The fourth-order valence-corrected chi connectivity index (χ4v) is 9.77. The summed E-state index contributed by atoms with van der Waals surface area (Å²) < 4.78 is 0.291. The number of hydrogen-bond acceptors (Lipinski definition) is 0. The van der Waals surface area contributed by atoms with E-state index in [0.29, 0.717) is 3.63 Å². The van der Waals surface area contributed by atoms with Crippen molar-refractivity contribution < 1.29 is 19.4 Å². The van der Waals surface area contributed by atoms with Gasteiger partial charge >= 0.3 is 174 Å². The molecule has 0 saturated heterocycles. The van der Waals surface area contributed by atoms with Crippen molar-refractivity contribution in [2.75, 3.05) is 0 Å².